The Hall–Kier alpha value is -2.61. The molecule has 1 aromatic carbocycles. The van der Waals surface area contributed by atoms with Gasteiger partial charge in [0.2, 0.25) is 5.91 Å². The second-order valence-electron chi connectivity index (χ2n) is 5.31. The molecule has 9 heteroatoms. The predicted molar refractivity (Wildman–Crippen MR) is 92.3 cm³/mol. The number of ether oxygens (including phenoxy) is 1. The Morgan fingerprint density at radius 3 is 2.52 bits per heavy atom. The van der Waals surface area contributed by atoms with Crippen molar-refractivity contribution in [2.24, 2.45) is 0 Å². The number of carbonyl (C=O) groups is 2. The van der Waals surface area contributed by atoms with Gasteiger partial charge in [0.15, 0.2) is 0 Å². The number of piperazine rings is 1. The van der Waals surface area contributed by atoms with Gasteiger partial charge in [-0.3, -0.25) is 14.9 Å². The average Bonchev–Trinajstić information content (AvgIpc) is 2.60. The van der Waals surface area contributed by atoms with E-state index in [4.69, 9.17) is 16.3 Å². The number of halogens is 1. The van der Waals surface area contributed by atoms with E-state index in [0.29, 0.717) is 38.3 Å². The van der Waals surface area contributed by atoms with Crippen LogP contribution in [0, 0.1) is 10.1 Å². The van der Waals surface area contributed by atoms with Crippen LogP contribution in [-0.4, -0.2) is 59.5 Å². The minimum absolute atomic E-state index is 0.0450. The van der Waals surface area contributed by atoms with Crippen LogP contribution in [-0.2, 0) is 9.53 Å². The Morgan fingerprint density at radius 2 is 1.92 bits per heavy atom. The van der Waals surface area contributed by atoms with Gasteiger partial charge >= 0.3 is 6.09 Å². The van der Waals surface area contributed by atoms with Crippen molar-refractivity contribution in [2.45, 2.75) is 6.92 Å². The van der Waals surface area contributed by atoms with Crippen LogP contribution in [0.5, 0.6) is 0 Å². The van der Waals surface area contributed by atoms with E-state index < -0.39 is 4.92 Å². The van der Waals surface area contributed by atoms with Crippen LogP contribution in [0.4, 0.5) is 10.5 Å². The molecule has 2 rings (SSSR count). The normalized spacial score (nSPS) is 14.6. The van der Waals surface area contributed by atoms with E-state index in [-0.39, 0.29) is 22.7 Å². The minimum atomic E-state index is -0.573. The number of nitro groups is 1. The maximum absolute atomic E-state index is 12.2. The summed E-state index contributed by atoms with van der Waals surface area (Å²) < 4.78 is 4.93. The zero-order valence-electron chi connectivity index (χ0n) is 13.7. The molecule has 1 aromatic rings. The van der Waals surface area contributed by atoms with Gasteiger partial charge < -0.3 is 14.5 Å². The highest BCUT2D eigenvalue weighted by Gasteiger charge is 2.23. The van der Waals surface area contributed by atoms with E-state index in [0.717, 1.165) is 0 Å². The maximum atomic E-state index is 12.2. The zero-order chi connectivity index (χ0) is 18.4. The lowest BCUT2D eigenvalue weighted by Crippen LogP contribution is -2.50. The average molecular weight is 368 g/mol. The van der Waals surface area contributed by atoms with E-state index in [1.165, 1.54) is 24.3 Å². The largest absolute Gasteiger partial charge is 0.450 e. The molecule has 0 radical (unpaired) electrons. The molecule has 1 saturated heterocycles. The van der Waals surface area contributed by atoms with Gasteiger partial charge in [-0.05, 0) is 24.6 Å². The Morgan fingerprint density at radius 1 is 1.28 bits per heavy atom. The number of nitro benzene ring substituents is 1. The van der Waals surface area contributed by atoms with Gasteiger partial charge in [-0.15, -0.1) is 0 Å². The smallest absolute Gasteiger partial charge is 0.409 e. The summed E-state index contributed by atoms with van der Waals surface area (Å²) in [6, 6.07) is 4.32. The number of carbonyl (C=O) groups excluding carboxylic acids is 2. The van der Waals surface area contributed by atoms with Crippen molar-refractivity contribution in [3.63, 3.8) is 0 Å². The fourth-order valence-electron chi connectivity index (χ4n) is 2.37. The van der Waals surface area contributed by atoms with Gasteiger partial charge in [-0.25, -0.2) is 4.79 Å². The van der Waals surface area contributed by atoms with E-state index in [2.05, 4.69) is 0 Å². The fourth-order valence-corrected chi connectivity index (χ4v) is 2.56. The van der Waals surface area contributed by atoms with Crippen molar-refractivity contribution >= 4 is 35.4 Å². The molecule has 8 nitrogen and oxygen atoms in total. The van der Waals surface area contributed by atoms with Gasteiger partial charge in [0.25, 0.3) is 5.69 Å². The molecule has 1 heterocycles. The lowest BCUT2D eigenvalue weighted by atomic mass is 10.2. The quantitative estimate of drug-likeness (QED) is 0.463. The standard InChI is InChI=1S/C16H18ClN3O5/c1-2-25-16(22)19-9-7-18(8-10-19)15(21)6-4-12-3-5-13(17)14(11-12)20(23)24/h3-6,11H,2,7-10H2,1H3/b6-4+. The highest BCUT2D eigenvalue weighted by Crippen LogP contribution is 2.25. The number of nitrogens with zero attached hydrogens (tertiary/aromatic N) is 3. The fraction of sp³-hybridized carbons (Fsp3) is 0.375. The predicted octanol–water partition coefficient (Wildman–Crippen LogP) is 2.56. The summed E-state index contributed by atoms with van der Waals surface area (Å²) in [6.45, 7) is 3.68. The first-order valence-corrected chi connectivity index (χ1v) is 8.12. The number of hydrogen-bond acceptors (Lipinski definition) is 5. The second-order valence-corrected chi connectivity index (χ2v) is 5.72. The van der Waals surface area contributed by atoms with Crippen LogP contribution in [0.3, 0.4) is 0 Å². The van der Waals surface area contributed by atoms with E-state index in [1.54, 1.807) is 22.8 Å². The topological polar surface area (TPSA) is 93.0 Å². The molecule has 0 saturated carbocycles. The number of amides is 2. The van der Waals surface area contributed by atoms with Crippen molar-refractivity contribution in [3.05, 3.63) is 45.0 Å². The Labute approximate surface area is 149 Å². The molecule has 25 heavy (non-hydrogen) atoms. The van der Waals surface area contributed by atoms with Crippen molar-refractivity contribution in [1.82, 2.24) is 9.80 Å². The Kier molecular flexibility index (Phi) is 6.35. The van der Waals surface area contributed by atoms with E-state index in [1.807, 2.05) is 0 Å². The molecule has 1 aliphatic heterocycles. The molecule has 0 aliphatic carbocycles. The van der Waals surface area contributed by atoms with Crippen LogP contribution >= 0.6 is 11.6 Å². The molecule has 0 bridgehead atoms. The number of hydrogen-bond donors (Lipinski definition) is 0. The first-order valence-electron chi connectivity index (χ1n) is 7.75. The van der Waals surface area contributed by atoms with Crippen molar-refractivity contribution in [1.29, 1.82) is 0 Å². The van der Waals surface area contributed by atoms with Crippen LogP contribution in [0.2, 0.25) is 5.02 Å². The number of benzene rings is 1. The van der Waals surface area contributed by atoms with Crippen LogP contribution in [0.1, 0.15) is 12.5 Å². The van der Waals surface area contributed by atoms with Crippen molar-refractivity contribution in [3.8, 4) is 0 Å². The van der Waals surface area contributed by atoms with Gasteiger partial charge in [0, 0.05) is 38.3 Å². The molecule has 1 aliphatic rings. The monoisotopic (exact) mass is 367 g/mol. The molecule has 0 spiro atoms. The number of rotatable bonds is 4. The minimum Gasteiger partial charge on any atom is -0.450 e. The van der Waals surface area contributed by atoms with Gasteiger partial charge in [0.05, 0.1) is 11.5 Å². The lowest BCUT2D eigenvalue weighted by Gasteiger charge is -2.33. The molecule has 0 unspecified atom stereocenters. The molecular formula is C16H18ClN3O5. The van der Waals surface area contributed by atoms with Crippen LogP contribution in [0.15, 0.2) is 24.3 Å². The maximum Gasteiger partial charge on any atom is 0.409 e. The molecule has 134 valence electrons. The van der Waals surface area contributed by atoms with Crippen LogP contribution < -0.4 is 0 Å². The van der Waals surface area contributed by atoms with Gasteiger partial charge in [0.1, 0.15) is 5.02 Å². The molecule has 2 amide bonds. The van der Waals surface area contributed by atoms with E-state index >= 15 is 0 Å². The first-order chi connectivity index (χ1) is 11.9. The highest BCUT2D eigenvalue weighted by molar-refractivity contribution is 6.32. The van der Waals surface area contributed by atoms with Crippen molar-refractivity contribution in [2.75, 3.05) is 32.8 Å². The summed E-state index contributed by atoms with van der Waals surface area (Å²) >= 11 is 5.75. The molecule has 0 atom stereocenters. The lowest BCUT2D eigenvalue weighted by molar-refractivity contribution is -0.384. The second kappa shape index (κ2) is 8.48. The third kappa shape index (κ3) is 4.93. The summed E-state index contributed by atoms with van der Waals surface area (Å²) in [5, 5.41) is 10.9. The van der Waals surface area contributed by atoms with Gasteiger partial charge in [-0.2, -0.15) is 0 Å². The van der Waals surface area contributed by atoms with Crippen molar-refractivity contribution < 1.29 is 19.2 Å². The zero-order valence-corrected chi connectivity index (χ0v) is 14.4. The Bertz CT molecular complexity index is 699. The first kappa shape index (κ1) is 18.7. The molecule has 0 N–H and O–H groups in total. The summed E-state index contributed by atoms with van der Waals surface area (Å²) in [5.74, 6) is -0.221. The SMILES string of the molecule is CCOC(=O)N1CCN(C(=O)/C=C/c2ccc(Cl)c([N+](=O)[O-])c2)CC1. The molecular weight excluding hydrogens is 350 g/mol. The summed E-state index contributed by atoms with van der Waals surface area (Å²) in [7, 11) is 0. The molecule has 1 fully saturated rings. The molecule has 0 aromatic heterocycles. The van der Waals surface area contributed by atoms with Gasteiger partial charge in [-0.1, -0.05) is 17.7 Å². The summed E-state index contributed by atoms with van der Waals surface area (Å²) in [6.07, 6.45) is 2.48. The summed E-state index contributed by atoms with van der Waals surface area (Å²) in [5.41, 5.74) is 0.300. The summed E-state index contributed by atoms with van der Waals surface area (Å²) in [4.78, 5) is 37.3. The van der Waals surface area contributed by atoms with E-state index in [9.17, 15) is 19.7 Å². The Balaban J connectivity index is 1.94. The highest BCUT2D eigenvalue weighted by atomic mass is 35.5. The third-order valence-corrected chi connectivity index (χ3v) is 4.02. The van der Waals surface area contributed by atoms with Crippen LogP contribution in [0.25, 0.3) is 6.08 Å². The third-order valence-electron chi connectivity index (χ3n) is 3.70.